The second-order valence-corrected chi connectivity index (χ2v) is 8.39. The van der Waals surface area contributed by atoms with Crippen LogP contribution in [0.3, 0.4) is 0 Å². The summed E-state index contributed by atoms with van der Waals surface area (Å²) in [6.07, 6.45) is -0.0955. The van der Waals surface area contributed by atoms with Crippen LogP contribution in [0.4, 0.5) is 0 Å². The molecule has 0 heterocycles. The highest BCUT2D eigenvalue weighted by Crippen LogP contribution is 2.32. The first-order chi connectivity index (χ1) is 14.1. The van der Waals surface area contributed by atoms with Crippen molar-refractivity contribution in [2.75, 3.05) is 0 Å². The van der Waals surface area contributed by atoms with E-state index in [1.807, 2.05) is 6.92 Å². The van der Waals surface area contributed by atoms with E-state index >= 15 is 0 Å². The minimum absolute atomic E-state index is 0.00289. The molecule has 2 fully saturated rings. The van der Waals surface area contributed by atoms with E-state index in [1.54, 1.807) is 0 Å². The van der Waals surface area contributed by atoms with Crippen molar-refractivity contribution in [2.45, 2.75) is 76.7 Å². The molecule has 2 amide bonds. The van der Waals surface area contributed by atoms with Gasteiger partial charge in [-0.05, 0) is 44.9 Å². The summed E-state index contributed by atoms with van der Waals surface area (Å²) in [5, 5.41) is 43.6. The monoisotopic (exact) mass is 428 g/mol. The Morgan fingerprint density at radius 2 is 1.17 bits per heavy atom. The van der Waals surface area contributed by atoms with Crippen molar-refractivity contribution < 1.29 is 39.6 Å². The Morgan fingerprint density at radius 3 is 1.50 bits per heavy atom. The SMILES string of the molecule is CCCC(NC(=O)C1CCC(O)CC1C(=O)O)NC(=O)C1CCC(O)CC1C(=O)O. The molecule has 10 heteroatoms. The van der Waals surface area contributed by atoms with Crippen LogP contribution in [0.2, 0.25) is 0 Å². The summed E-state index contributed by atoms with van der Waals surface area (Å²) in [5.41, 5.74) is 0. The number of aliphatic hydroxyl groups is 2. The van der Waals surface area contributed by atoms with Gasteiger partial charge in [-0.15, -0.1) is 0 Å². The zero-order valence-electron chi connectivity index (χ0n) is 17.1. The van der Waals surface area contributed by atoms with Crippen molar-refractivity contribution in [3.63, 3.8) is 0 Å². The third-order valence-electron chi connectivity index (χ3n) is 6.16. The zero-order chi connectivity index (χ0) is 22.4. The third-order valence-corrected chi connectivity index (χ3v) is 6.16. The fourth-order valence-corrected chi connectivity index (χ4v) is 4.50. The van der Waals surface area contributed by atoms with E-state index in [-0.39, 0.29) is 25.7 Å². The topological polar surface area (TPSA) is 173 Å². The van der Waals surface area contributed by atoms with Gasteiger partial charge in [0.2, 0.25) is 11.8 Å². The maximum absolute atomic E-state index is 12.7. The molecule has 170 valence electrons. The van der Waals surface area contributed by atoms with E-state index < -0.39 is 65.8 Å². The molecule has 0 aliphatic heterocycles. The van der Waals surface area contributed by atoms with Crippen LogP contribution in [0.25, 0.3) is 0 Å². The van der Waals surface area contributed by atoms with Crippen molar-refractivity contribution in [3.05, 3.63) is 0 Å². The largest absolute Gasteiger partial charge is 0.481 e. The van der Waals surface area contributed by atoms with E-state index in [2.05, 4.69) is 10.6 Å². The number of carbonyl (C=O) groups excluding carboxylic acids is 2. The highest BCUT2D eigenvalue weighted by molar-refractivity contribution is 5.87. The van der Waals surface area contributed by atoms with Crippen molar-refractivity contribution in [1.29, 1.82) is 0 Å². The summed E-state index contributed by atoms with van der Waals surface area (Å²) in [7, 11) is 0. The van der Waals surface area contributed by atoms with Crippen LogP contribution in [0.15, 0.2) is 0 Å². The Bertz CT molecular complexity index is 603. The first-order valence-corrected chi connectivity index (χ1v) is 10.6. The van der Waals surface area contributed by atoms with Gasteiger partial charge in [0.15, 0.2) is 0 Å². The van der Waals surface area contributed by atoms with Crippen LogP contribution < -0.4 is 10.6 Å². The average Bonchev–Trinajstić information content (AvgIpc) is 2.67. The molecule has 30 heavy (non-hydrogen) atoms. The fourth-order valence-electron chi connectivity index (χ4n) is 4.50. The van der Waals surface area contributed by atoms with Gasteiger partial charge >= 0.3 is 11.9 Å². The molecule has 0 aromatic heterocycles. The van der Waals surface area contributed by atoms with Gasteiger partial charge in [0, 0.05) is 0 Å². The molecule has 0 spiro atoms. The molecule has 0 aromatic rings. The number of aliphatic hydroxyl groups excluding tert-OH is 2. The van der Waals surface area contributed by atoms with Gasteiger partial charge < -0.3 is 31.1 Å². The minimum atomic E-state index is -1.14. The number of amides is 2. The van der Waals surface area contributed by atoms with Crippen molar-refractivity contribution in [1.82, 2.24) is 10.6 Å². The Hall–Kier alpha value is -2.20. The van der Waals surface area contributed by atoms with Gasteiger partial charge in [0.1, 0.15) is 6.17 Å². The van der Waals surface area contributed by atoms with Gasteiger partial charge in [-0.2, -0.15) is 0 Å². The van der Waals surface area contributed by atoms with Crippen LogP contribution in [0.1, 0.15) is 58.3 Å². The van der Waals surface area contributed by atoms with E-state index in [1.165, 1.54) is 0 Å². The smallest absolute Gasteiger partial charge is 0.307 e. The van der Waals surface area contributed by atoms with Crippen LogP contribution in [0.5, 0.6) is 0 Å². The highest BCUT2D eigenvalue weighted by atomic mass is 16.4. The van der Waals surface area contributed by atoms with E-state index in [0.29, 0.717) is 25.7 Å². The van der Waals surface area contributed by atoms with E-state index in [9.17, 15) is 39.6 Å². The molecule has 6 atom stereocenters. The highest BCUT2D eigenvalue weighted by Gasteiger charge is 2.41. The molecule has 10 nitrogen and oxygen atoms in total. The molecule has 6 unspecified atom stereocenters. The fraction of sp³-hybridized carbons (Fsp3) is 0.800. The predicted molar refractivity (Wildman–Crippen MR) is 104 cm³/mol. The zero-order valence-corrected chi connectivity index (χ0v) is 17.1. The lowest BCUT2D eigenvalue weighted by molar-refractivity contribution is -0.152. The number of carboxylic acids is 2. The molecule has 0 aromatic carbocycles. The maximum atomic E-state index is 12.7. The summed E-state index contributed by atoms with van der Waals surface area (Å²) < 4.78 is 0. The average molecular weight is 428 g/mol. The molecule has 2 aliphatic carbocycles. The molecular weight excluding hydrogens is 396 g/mol. The molecular formula is C20H32N2O8. The number of nitrogens with one attached hydrogen (secondary N) is 2. The number of hydrogen-bond donors (Lipinski definition) is 6. The number of rotatable bonds is 8. The summed E-state index contributed by atoms with van der Waals surface area (Å²) in [6.45, 7) is 1.86. The number of carboxylic acid groups (broad SMARTS) is 2. The van der Waals surface area contributed by atoms with Gasteiger partial charge in [-0.1, -0.05) is 13.3 Å². The number of hydrogen-bond acceptors (Lipinski definition) is 6. The van der Waals surface area contributed by atoms with Crippen LogP contribution >= 0.6 is 0 Å². The van der Waals surface area contributed by atoms with E-state index in [4.69, 9.17) is 0 Å². The van der Waals surface area contributed by atoms with Crippen LogP contribution in [-0.2, 0) is 19.2 Å². The molecule has 0 saturated heterocycles. The molecule has 2 saturated carbocycles. The quantitative estimate of drug-likeness (QED) is 0.295. The van der Waals surface area contributed by atoms with Gasteiger partial charge in [0.25, 0.3) is 0 Å². The summed E-state index contributed by atoms with van der Waals surface area (Å²) in [6, 6.07) is 0. The second-order valence-electron chi connectivity index (χ2n) is 8.39. The Morgan fingerprint density at radius 1 is 0.767 bits per heavy atom. The molecule has 0 bridgehead atoms. The first kappa shape index (κ1) is 24.1. The van der Waals surface area contributed by atoms with Crippen molar-refractivity contribution in [2.24, 2.45) is 23.7 Å². The van der Waals surface area contributed by atoms with Crippen molar-refractivity contribution in [3.8, 4) is 0 Å². The number of aliphatic carboxylic acids is 2. The van der Waals surface area contributed by atoms with E-state index in [0.717, 1.165) is 0 Å². The molecule has 2 rings (SSSR count). The summed E-state index contributed by atoms with van der Waals surface area (Å²) in [4.78, 5) is 48.5. The Labute approximate surface area is 175 Å². The van der Waals surface area contributed by atoms with Gasteiger partial charge in [-0.25, -0.2) is 0 Å². The molecule has 6 N–H and O–H groups in total. The first-order valence-electron chi connectivity index (χ1n) is 10.6. The molecule has 0 radical (unpaired) electrons. The summed E-state index contributed by atoms with van der Waals surface area (Å²) >= 11 is 0. The standard InChI is InChI=1S/C20H32N2O8/c1-2-3-16(21-17(25)12-6-4-10(23)8-14(12)19(27)28)22-18(26)13-7-5-11(24)9-15(13)20(29)30/h10-16,23-24H,2-9H2,1H3,(H,21,25)(H,22,26)(H,27,28)(H,29,30). The molecule has 2 aliphatic rings. The second kappa shape index (κ2) is 10.7. The number of carbonyl (C=O) groups is 4. The van der Waals surface area contributed by atoms with Gasteiger partial charge in [-0.3, -0.25) is 19.2 Å². The normalized spacial score (nSPS) is 32.6. The lowest BCUT2D eigenvalue weighted by Crippen LogP contribution is -2.54. The van der Waals surface area contributed by atoms with Crippen LogP contribution in [-0.4, -0.2) is 62.6 Å². The minimum Gasteiger partial charge on any atom is -0.481 e. The predicted octanol–water partition coefficient (Wildman–Crippen LogP) is 0.0686. The van der Waals surface area contributed by atoms with Crippen LogP contribution in [0, 0.1) is 23.7 Å². The Kier molecular flexibility index (Phi) is 8.60. The van der Waals surface area contributed by atoms with Crippen molar-refractivity contribution >= 4 is 23.8 Å². The van der Waals surface area contributed by atoms with Gasteiger partial charge in [0.05, 0.1) is 35.9 Å². The maximum Gasteiger partial charge on any atom is 0.307 e. The summed E-state index contributed by atoms with van der Waals surface area (Å²) in [5.74, 6) is -6.89. The Balaban J connectivity index is 2.04. The lowest BCUT2D eigenvalue weighted by atomic mass is 9.77. The lowest BCUT2D eigenvalue weighted by Gasteiger charge is -2.34. The third kappa shape index (κ3) is 6.15.